The van der Waals surface area contributed by atoms with Crippen LogP contribution in [-0.2, 0) is 5.41 Å². The molecule has 0 saturated heterocycles. The predicted octanol–water partition coefficient (Wildman–Crippen LogP) is 4.62. The van der Waals surface area contributed by atoms with Gasteiger partial charge in [0.1, 0.15) is 0 Å². The van der Waals surface area contributed by atoms with Crippen LogP contribution in [0.25, 0.3) is 11.1 Å². The maximum absolute atomic E-state index is 5.82. The summed E-state index contributed by atoms with van der Waals surface area (Å²) in [4.78, 5) is 0. The van der Waals surface area contributed by atoms with Crippen molar-refractivity contribution >= 4 is 5.69 Å². The first kappa shape index (κ1) is 12.7. The minimum atomic E-state index is 0.244. The maximum atomic E-state index is 5.82. The Morgan fingerprint density at radius 1 is 0.944 bits per heavy atom. The molecule has 0 radical (unpaired) electrons. The topological polar surface area (TPSA) is 26.0 Å². The van der Waals surface area contributed by atoms with Crippen LogP contribution in [0, 0.1) is 0 Å². The molecule has 0 aliphatic carbocycles. The average molecular weight is 239 g/mol. The van der Waals surface area contributed by atoms with Gasteiger partial charge >= 0.3 is 0 Å². The molecule has 2 N–H and O–H groups in total. The van der Waals surface area contributed by atoms with Crippen molar-refractivity contribution in [2.75, 3.05) is 5.73 Å². The zero-order chi connectivity index (χ0) is 13.2. The molecule has 2 aromatic carbocycles. The molecule has 94 valence electrons. The van der Waals surface area contributed by atoms with Crippen molar-refractivity contribution in [3.63, 3.8) is 0 Å². The van der Waals surface area contributed by atoms with E-state index in [-0.39, 0.29) is 5.41 Å². The molecule has 0 aliphatic heterocycles. The van der Waals surface area contributed by atoms with Gasteiger partial charge in [0, 0.05) is 5.69 Å². The van der Waals surface area contributed by atoms with Gasteiger partial charge in [-0.3, -0.25) is 0 Å². The van der Waals surface area contributed by atoms with E-state index >= 15 is 0 Å². The van der Waals surface area contributed by atoms with Gasteiger partial charge in [-0.05, 0) is 40.7 Å². The lowest BCUT2D eigenvalue weighted by Gasteiger charge is -2.23. The first-order valence-corrected chi connectivity index (χ1v) is 6.49. The van der Waals surface area contributed by atoms with Gasteiger partial charge in [0.05, 0.1) is 0 Å². The van der Waals surface area contributed by atoms with Crippen molar-refractivity contribution < 1.29 is 0 Å². The second-order valence-electron chi connectivity index (χ2n) is 5.44. The lowest BCUT2D eigenvalue weighted by atomic mass is 9.82. The molecule has 0 bridgehead atoms. The summed E-state index contributed by atoms with van der Waals surface area (Å²) in [5.41, 5.74) is 10.7. The normalized spacial score (nSPS) is 11.5. The molecule has 18 heavy (non-hydrogen) atoms. The number of hydrogen-bond donors (Lipinski definition) is 1. The minimum Gasteiger partial charge on any atom is -0.399 e. The average Bonchev–Trinajstić information content (AvgIpc) is 2.39. The Morgan fingerprint density at radius 2 is 1.61 bits per heavy atom. The molecule has 0 heterocycles. The van der Waals surface area contributed by atoms with Crippen LogP contribution in [0.5, 0.6) is 0 Å². The molecule has 0 fully saturated rings. The highest BCUT2D eigenvalue weighted by Crippen LogP contribution is 2.29. The lowest BCUT2D eigenvalue weighted by Crippen LogP contribution is -2.14. The summed E-state index contributed by atoms with van der Waals surface area (Å²) in [5, 5.41) is 0. The Hall–Kier alpha value is -1.76. The monoisotopic (exact) mass is 239 g/mol. The summed E-state index contributed by atoms with van der Waals surface area (Å²) >= 11 is 0. The van der Waals surface area contributed by atoms with Crippen molar-refractivity contribution in [3.8, 4) is 11.1 Å². The quantitative estimate of drug-likeness (QED) is 0.777. The highest BCUT2D eigenvalue weighted by Gasteiger charge is 2.17. The van der Waals surface area contributed by atoms with Gasteiger partial charge in [0.2, 0.25) is 0 Å². The maximum Gasteiger partial charge on any atom is 0.0320 e. The molecule has 0 unspecified atom stereocenters. The fraction of sp³-hybridized carbons (Fsp3) is 0.294. The SMILES string of the molecule is CCC(C)(C)c1ccc(-c2cccc(N)c2)cc1. The summed E-state index contributed by atoms with van der Waals surface area (Å²) in [7, 11) is 0. The Labute approximate surface area is 110 Å². The third-order valence-electron chi connectivity index (χ3n) is 3.77. The molecule has 0 atom stereocenters. The van der Waals surface area contributed by atoms with E-state index in [2.05, 4.69) is 51.1 Å². The van der Waals surface area contributed by atoms with Gasteiger partial charge < -0.3 is 5.73 Å². The van der Waals surface area contributed by atoms with Gasteiger partial charge in [-0.15, -0.1) is 0 Å². The van der Waals surface area contributed by atoms with E-state index in [0.717, 1.165) is 12.1 Å². The molecule has 0 aliphatic rings. The zero-order valence-corrected chi connectivity index (χ0v) is 11.4. The van der Waals surface area contributed by atoms with Crippen molar-refractivity contribution in [1.82, 2.24) is 0 Å². The lowest BCUT2D eigenvalue weighted by molar-refractivity contribution is 0.506. The summed E-state index contributed by atoms with van der Waals surface area (Å²) in [5.74, 6) is 0. The third kappa shape index (κ3) is 2.56. The van der Waals surface area contributed by atoms with Crippen molar-refractivity contribution in [2.45, 2.75) is 32.6 Å². The molecule has 0 spiro atoms. The molecule has 0 aromatic heterocycles. The number of benzene rings is 2. The van der Waals surface area contributed by atoms with Crippen LogP contribution in [0.2, 0.25) is 0 Å². The zero-order valence-electron chi connectivity index (χ0n) is 11.4. The smallest absolute Gasteiger partial charge is 0.0320 e. The van der Waals surface area contributed by atoms with Gasteiger partial charge in [0.15, 0.2) is 0 Å². The van der Waals surface area contributed by atoms with Crippen LogP contribution >= 0.6 is 0 Å². The van der Waals surface area contributed by atoms with Gasteiger partial charge in [-0.25, -0.2) is 0 Å². The standard InChI is InChI=1S/C17H21N/c1-4-17(2,3)15-10-8-13(9-11-15)14-6-5-7-16(18)12-14/h5-12H,4,18H2,1-3H3. The number of rotatable bonds is 3. The van der Waals surface area contributed by atoms with Gasteiger partial charge in [-0.2, -0.15) is 0 Å². The Morgan fingerprint density at radius 3 is 2.17 bits per heavy atom. The Balaban J connectivity index is 2.33. The molecule has 2 aromatic rings. The van der Waals surface area contributed by atoms with E-state index in [9.17, 15) is 0 Å². The third-order valence-corrected chi connectivity index (χ3v) is 3.77. The molecular formula is C17H21N. The highest BCUT2D eigenvalue weighted by molar-refractivity contribution is 5.67. The summed E-state index contributed by atoms with van der Waals surface area (Å²) < 4.78 is 0. The number of hydrogen-bond acceptors (Lipinski definition) is 1. The van der Waals surface area contributed by atoms with E-state index in [1.165, 1.54) is 16.7 Å². The van der Waals surface area contributed by atoms with Crippen LogP contribution < -0.4 is 5.73 Å². The van der Waals surface area contributed by atoms with E-state index in [1.807, 2.05) is 18.2 Å². The molecule has 2 rings (SSSR count). The predicted molar refractivity (Wildman–Crippen MR) is 79.6 cm³/mol. The second kappa shape index (κ2) is 4.85. The van der Waals surface area contributed by atoms with Crippen LogP contribution in [0.1, 0.15) is 32.8 Å². The van der Waals surface area contributed by atoms with E-state index in [1.54, 1.807) is 0 Å². The van der Waals surface area contributed by atoms with Crippen LogP contribution in [0.4, 0.5) is 5.69 Å². The Bertz CT molecular complexity index is 524. The van der Waals surface area contributed by atoms with Gasteiger partial charge in [0.25, 0.3) is 0 Å². The fourth-order valence-corrected chi connectivity index (χ4v) is 2.04. The Kier molecular flexibility index (Phi) is 3.42. The number of anilines is 1. The van der Waals surface area contributed by atoms with E-state index in [0.29, 0.717) is 0 Å². The second-order valence-corrected chi connectivity index (χ2v) is 5.44. The van der Waals surface area contributed by atoms with Gasteiger partial charge in [-0.1, -0.05) is 57.2 Å². The first-order chi connectivity index (χ1) is 8.53. The van der Waals surface area contributed by atoms with Crippen molar-refractivity contribution in [2.24, 2.45) is 0 Å². The van der Waals surface area contributed by atoms with Crippen molar-refractivity contribution in [3.05, 3.63) is 54.1 Å². The summed E-state index contributed by atoms with van der Waals surface area (Å²) in [6, 6.07) is 16.8. The molecule has 1 heteroatoms. The van der Waals surface area contributed by atoms with Crippen LogP contribution in [0.15, 0.2) is 48.5 Å². The molecular weight excluding hydrogens is 218 g/mol. The van der Waals surface area contributed by atoms with Crippen LogP contribution in [0.3, 0.4) is 0 Å². The fourth-order valence-electron chi connectivity index (χ4n) is 2.04. The van der Waals surface area contributed by atoms with E-state index in [4.69, 9.17) is 5.73 Å². The van der Waals surface area contributed by atoms with Crippen molar-refractivity contribution in [1.29, 1.82) is 0 Å². The highest BCUT2D eigenvalue weighted by atomic mass is 14.5. The molecule has 1 nitrogen and oxygen atoms in total. The van der Waals surface area contributed by atoms with Crippen LogP contribution in [-0.4, -0.2) is 0 Å². The molecule has 0 saturated carbocycles. The summed E-state index contributed by atoms with van der Waals surface area (Å²) in [6.07, 6.45) is 1.14. The first-order valence-electron chi connectivity index (χ1n) is 6.49. The summed E-state index contributed by atoms with van der Waals surface area (Å²) in [6.45, 7) is 6.79. The largest absolute Gasteiger partial charge is 0.399 e. The minimum absolute atomic E-state index is 0.244. The number of nitrogen functional groups attached to an aromatic ring is 1. The number of nitrogens with two attached hydrogens (primary N) is 1. The molecule has 0 amide bonds. The van der Waals surface area contributed by atoms with E-state index < -0.39 is 0 Å².